The maximum atomic E-state index is 11.3. The summed E-state index contributed by atoms with van der Waals surface area (Å²) in [6, 6.07) is 0. The zero-order chi connectivity index (χ0) is 10.4. The molecule has 0 aromatic heterocycles. The Morgan fingerprint density at radius 1 is 1.21 bits per heavy atom. The maximum Gasteiger partial charge on any atom is 0.205 e. The molecule has 0 aromatic carbocycles. The van der Waals surface area contributed by atoms with Crippen molar-refractivity contribution in [2.24, 2.45) is 5.92 Å². The van der Waals surface area contributed by atoms with Crippen LogP contribution in [-0.4, -0.2) is 13.0 Å². The van der Waals surface area contributed by atoms with Gasteiger partial charge in [-0.15, -0.1) is 0 Å². The minimum atomic E-state index is 0.396. The molecule has 1 nitrogen and oxygen atoms in total. The number of hydrogen-bond donors (Lipinski definition) is 0. The van der Waals surface area contributed by atoms with E-state index in [2.05, 4.69) is 13.8 Å². The Hall–Kier alpha value is -0.265. The average molecular weight is 193 g/mol. The molecule has 0 spiro atoms. The number of carbonyl (C=O) groups excluding carboxylic acids is 1. The second kappa shape index (κ2) is 6.26. The first-order chi connectivity index (χ1) is 6.77. The van der Waals surface area contributed by atoms with Crippen LogP contribution in [0.1, 0.15) is 58.8 Å². The summed E-state index contributed by atoms with van der Waals surface area (Å²) in [5.41, 5.74) is 0.396. The fraction of sp³-hybridized carbons (Fsp3) is 0.917. The Labute approximate surface area is 88.9 Å². The van der Waals surface area contributed by atoms with E-state index in [4.69, 9.17) is 0 Å². The van der Waals surface area contributed by atoms with Crippen LogP contribution >= 0.6 is 0 Å². The Bertz CT molecular complexity index is 161. The van der Waals surface area contributed by atoms with Gasteiger partial charge in [0.25, 0.3) is 0 Å². The molecule has 0 amide bonds. The third kappa shape index (κ3) is 3.47. The molecule has 0 bridgehead atoms. The molecule has 1 heterocycles. The topological polar surface area (TPSA) is 17.1 Å². The lowest BCUT2D eigenvalue weighted by Crippen LogP contribution is -2.07. The zero-order valence-corrected chi connectivity index (χ0v) is 9.59. The summed E-state index contributed by atoms with van der Waals surface area (Å²) in [6.07, 6.45) is 8.38. The van der Waals surface area contributed by atoms with E-state index >= 15 is 0 Å². The van der Waals surface area contributed by atoms with Crippen molar-refractivity contribution in [3.63, 3.8) is 0 Å². The second-order valence-electron chi connectivity index (χ2n) is 4.55. The van der Waals surface area contributed by atoms with Crippen molar-refractivity contribution in [3.05, 3.63) is 0 Å². The lowest BCUT2D eigenvalue weighted by molar-refractivity contribution is -0.112. The number of hydrogen-bond acceptors (Lipinski definition) is 1. The fourth-order valence-electron chi connectivity index (χ4n) is 2.39. The lowest BCUT2D eigenvalue weighted by Gasteiger charge is -2.17. The van der Waals surface area contributed by atoms with Crippen LogP contribution in [0.4, 0.5) is 0 Å². The molecule has 1 radical (unpaired) electrons. The minimum Gasteiger partial charge on any atom is -0.312 e. The summed E-state index contributed by atoms with van der Waals surface area (Å²) in [4.78, 5) is 11.3. The summed E-state index contributed by atoms with van der Waals surface area (Å²) in [5, 5.41) is 0. The highest BCUT2D eigenvalue weighted by Crippen LogP contribution is 2.36. The van der Waals surface area contributed by atoms with Gasteiger partial charge in [0.15, 0.2) is 0 Å². The minimum absolute atomic E-state index is 0.396. The van der Waals surface area contributed by atoms with E-state index in [-0.39, 0.29) is 0 Å². The summed E-state index contributed by atoms with van der Waals surface area (Å²) in [7, 11) is 2.00. The van der Waals surface area contributed by atoms with Gasteiger partial charge in [-0.1, -0.05) is 58.2 Å². The monoisotopic (exact) mass is 193 g/mol. The largest absolute Gasteiger partial charge is 0.312 e. The van der Waals surface area contributed by atoms with Gasteiger partial charge in [0.2, 0.25) is 7.28 Å². The maximum absolute atomic E-state index is 11.3. The van der Waals surface area contributed by atoms with Crippen molar-refractivity contribution in [1.82, 2.24) is 0 Å². The number of unbranched alkanes of at least 4 members (excludes halogenated alkanes) is 2. The van der Waals surface area contributed by atoms with Crippen molar-refractivity contribution < 1.29 is 4.79 Å². The summed E-state index contributed by atoms with van der Waals surface area (Å²) < 4.78 is 0. The van der Waals surface area contributed by atoms with Gasteiger partial charge in [-0.2, -0.15) is 0 Å². The van der Waals surface area contributed by atoms with E-state index in [1.54, 1.807) is 0 Å². The van der Waals surface area contributed by atoms with Crippen molar-refractivity contribution in [3.8, 4) is 0 Å². The smallest absolute Gasteiger partial charge is 0.205 e. The molecule has 1 saturated heterocycles. The Balaban J connectivity index is 2.33. The molecule has 2 atom stereocenters. The molecule has 1 fully saturated rings. The van der Waals surface area contributed by atoms with Crippen molar-refractivity contribution in [1.29, 1.82) is 0 Å². The van der Waals surface area contributed by atoms with Gasteiger partial charge in [-0.3, -0.25) is 0 Å². The molecule has 1 aliphatic heterocycles. The zero-order valence-electron chi connectivity index (χ0n) is 9.59. The Kier molecular flexibility index (Phi) is 5.28. The van der Waals surface area contributed by atoms with E-state index in [1.807, 2.05) is 7.28 Å². The second-order valence-corrected chi connectivity index (χ2v) is 4.55. The van der Waals surface area contributed by atoms with Crippen LogP contribution in [0, 0.1) is 5.92 Å². The van der Waals surface area contributed by atoms with Crippen LogP contribution in [0.2, 0.25) is 5.82 Å². The molecular formula is C12H22BO. The van der Waals surface area contributed by atoms with Crippen LogP contribution in [0.15, 0.2) is 0 Å². The highest BCUT2D eigenvalue weighted by atomic mass is 16.1. The predicted octanol–water partition coefficient (Wildman–Crippen LogP) is 3.41. The highest BCUT2D eigenvalue weighted by Gasteiger charge is 2.32. The third-order valence-electron chi connectivity index (χ3n) is 3.29. The molecule has 0 aliphatic carbocycles. The van der Waals surface area contributed by atoms with Crippen LogP contribution in [0.3, 0.4) is 0 Å². The molecule has 1 aliphatic rings. The van der Waals surface area contributed by atoms with E-state index in [0.717, 1.165) is 6.42 Å². The molecule has 1 rings (SSSR count). The van der Waals surface area contributed by atoms with Crippen LogP contribution < -0.4 is 0 Å². The van der Waals surface area contributed by atoms with E-state index < -0.39 is 0 Å². The molecule has 2 unspecified atom stereocenters. The normalized spacial score (nSPS) is 26.6. The van der Waals surface area contributed by atoms with Gasteiger partial charge < -0.3 is 4.79 Å². The average Bonchev–Trinajstić information content (AvgIpc) is 2.52. The molecule has 0 aromatic rings. The van der Waals surface area contributed by atoms with Gasteiger partial charge in [0.05, 0.1) is 5.68 Å². The molecule has 0 saturated carbocycles. The van der Waals surface area contributed by atoms with Crippen molar-refractivity contribution >= 4 is 13.0 Å². The van der Waals surface area contributed by atoms with Gasteiger partial charge >= 0.3 is 0 Å². The predicted molar refractivity (Wildman–Crippen MR) is 61.7 cm³/mol. The molecular weight excluding hydrogens is 171 g/mol. The van der Waals surface area contributed by atoms with E-state index in [0.29, 0.717) is 17.4 Å². The molecule has 0 N–H and O–H groups in total. The van der Waals surface area contributed by atoms with Crippen LogP contribution in [-0.2, 0) is 4.79 Å². The van der Waals surface area contributed by atoms with Gasteiger partial charge in [-0.25, -0.2) is 0 Å². The fourth-order valence-corrected chi connectivity index (χ4v) is 2.39. The lowest BCUT2D eigenvalue weighted by atomic mass is 9.62. The SMILES string of the molecule is CCCCC1[B]C(=O)CC1CCCC. The van der Waals surface area contributed by atoms with Crippen molar-refractivity contribution in [2.45, 2.75) is 64.6 Å². The van der Waals surface area contributed by atoms with Gasteiger partial charge in [0, 0.05) is 0 Å². The van der Waals surface area contributed by atoms with Gasteiger partial charge in [0.1, 0.15) is 0 Å². The standard InChI is InChI=1S/C12H22BO/c1-3-5-7-10-9-12(14)13-11(10)8-6-4-2/h10-11H,3-9H2,1-2H3. The number of rotatable bonds is 6. The quantitative estimate of drug-likeness (QED) is 0.590. The number of carbonyl (C=O) groups is 1. The molecule has 79 valence electrons. The highest BCUT2D eigenvalue weighted by molar-refractivity contribution is 6.76. The van der Waals surface area contributed by atoms with E-state index in [1.165, 1.54) is 38.5 Å². The molecule has 2 heteroatoms. The first-order valence-electron chi connectivity index (χ1n) is 6.15. The first kappa shape index (κ1) is 11.8. The first-order valence-corrected chi connectivity index (χ1v) is 6.15. The molecule has 14 heavy (non-hydrogen) atoms. The Morgan fingerprint density at radius 3 is 2.50 bits per heavy atom. The van der Waals surface area contributed by atoms with Crippen LogP contribution in [0.5, 0.6) is 0 Å². The summed E-state index contributed by atoms with van der Waals surface area (Å²) >= 11 is 0. The van der Waals surface area contributed by atoms with Crippen LogP contribution in [0.25, 0.3) is 0 Å². The van der Waals surface area contributed by atoms with Gasteiger partial charge in [-0.05, 0) is 12.3 Å². The third-order valence-corrected chi connectivity index (χ3v) is 3.29. The van der Waals surface area contributed by atoms with E-state index in [9.17, 15) is 4.79 Å². The Morgan fingerprint density at radius 2 is 1.86 bits per heavy atom. The summed E-state index contributed by atoms with van der Waals surface area (Å²) in [5.74, 6) is 1.28. The summed E-state index contributed by atoms with van der Waals surface area (Å²) in [6.45, 7) is 4.44. The van der Waals surface area contributed by atoms with Crippen molar-refractivity contribution in [2.75, 3.05) is 0 Å².